The molecule has 170 valence electrons. The van der Waals surface area contributed by atoms with Crippen LogP contribution in [-0.2, 0) is 10.0 Å². The lowest BCUT2D eigenvalue weighted by atomic mass is 10.2. The number of nitrogens with zero attached hydrogens (tertiary/aromatic N) is 2. The Bertz CT molecular complexity index is 1230. The van der Waals surface area contributed by atoms with Crippen LogP contribution in [0.3, 0.4) is 0 Å². The first-order chi connectivity index (χ1) is 15.3. The molecule has 0 radical (unpaired) electrons. The lowest BCUT2D eigenvalue weighted by Crippen LogP contribution is -2.32. The molecule has 11 heteroatoms. The van der Waals surface area contributed by atoms with Crippen molar-refractivity contribution in [1.29, 1.82) is 0 Å². The highest BCUT2D eigenvalue weighted by Gasteiger charge is 2.27. The third-order valence-corrected chi connectivity index (χ3v) is 8.10. The minimum Gasteiger partial charge on any atom is -0.496 e. The third kappa shape index (κ3) is 4.45. The van der Waals surface area contributed by atoms with Gasteiger partial charge in [-0.15, -0.1) is 0 Å². The Labute approximate surface area is 188 Å². The summed E-state index contributed by atoms with van der Waals surface area (Å²) in [5.74, 6) is -2.49. The number of aromatic nitrogens is 1. The van der Waals surface area contributed by atoms with E-state index in [4.69, 9.17) is 4.74 Å². The average Bonchev–Trinajstić information content (AvgIpc) is 2.97. The van der Waals surface area contributed by atoms with Crippen molar-refractivity contribution < 1.29 is 26.7 Å². The molecular formula is C21H21F2N3O4S2. The molecule has 2 aromatic carbocycles. The molecule has 0 bridgehead atoms. The minimum atomic E-state index is -3.77. The van der Waals surface area contributed by atoms with E-state index in [1.165, 1.54) is 29.6 Å². The van der Waals surface area contributed by atoms with Gasteiger partial charge in [-0.3, -0.25) is 10.1 Å². The number of sulfonamides is 1. The smallest absolute Gasteiger partial charge is 0.261 e. The molecule has 1 aliphatic heterocycles. The van der Waals surface area contributed by atoms with Gasteiger partial charge in [-0.25, -0.2) is 22.2 Å². The number of carbonyl (C=O) groups is 1. The van der Waals surface area contributed by atoms with Gasteiger partial charge in [0.05, 0.1) is 27.8 Å². The van der Waals surface area contributed by atoms with Gasteiger partial charge in [0.2, 0.25) is 10.0 Å². The highest BCUT2D eigenvalue weighted by Crippen LogP contribution is 2.30. The number of amides is 1. The summed E-state index contributed by atoms with van der Waals surface area (Å²) in [5, 5.41) is 2.69. The van der Waals surface area contributed by atoms with Gasteiger partial charge in [-0.05, 0) is 37.1 Å². The second-order valence-electron chi connectivity index (χ2n) is 7.39. The fraction of sp³-hybridized carbons (Fsp3) is 0.333. The number of rotatable bonds is 5. The van der Waals surface area contributed by atoms with Crippen molar-refractivity contribution in [3.8, 4) is 5.75 Å². The van der Waals surface area contributed by atoms with E-state index in [-0.39, 0.29) is 26.9 Å². The van der Waals surface area contributed by atoms with Crippen molar-refractivity contribution >= 4 is 42.6 Å². The SMILES string of the molecule is COc1ccc(S(=O)(=O)N2CCCCCC2)cc1C(=O)Nc1nc2cc(F)c(F)cc2s1. The molecule has 1 N–H and O–H groups in total. The first-order valence-electron chi connectivity index (χ1n) is 10.0. The molecule has 0 spiro atoms. The summed E-state index contributed by atoms with van der Waals surface area (Å²) in [4.78, 5) is 17.0. The van der Waals surface area contributed by atoms with Crippen LogP contribution >= 0.6 is 11.3 Å². The summed E-state index contributed by atoms with van der Waals surface area (Å²) in [6.07, 6.45) is 3.56. The Morgan fingerprint density at radius 1 is 1.09 bits per heavy atom. The lowest BCUT2D eigenvalue weighted by Gasteiger charge is -2.20. The molecular weight excluding hydrogens is 460 g/mol. The van der Waals surface area contributed by atoms with Crippen LogP contribution in [0.4, 0.5) is 13.9 Å². The van der Waals surface area contributed by atoms with Gasteiger partial charge in [0, 0.05) is 19.2 Å². The van der Waals surface area contributed by atoms with E-state index < -0.39 is 27.6 Å². The van der Waals surface area contributed by atoms with Gasteiger partial charge < -0.3 is 4.74 Å². The molecule has 7 nitrogen and oxygen atoms in total. The minimum absolute atomic E-state index is 0.00112. The van der Waals surface area contributed by atoms with Crippen molar-refractivity contribution in [1.82, 2.24) is 9.29 Å². The third-order valence-electron chi connectivity index (χ3n) is 5.27. The molecule has 1 amide bonds. The summed E-state index contributed by atoms with van der Waals surface area (Å²) in [7, 11) is -2.39. The van der Waals surface area contributed by atoms with Crippen molar-refractivity contribution in [2.24, 2.45) is 0 Å². The van der Waals surface area contributed by atoms with E-state index in [0.717, 1.165) is 49.2 Å². The second-order valence-corrected chi connectivity index (χ2v) is 10.4. The fourth-order valence-electron chi connectivity index (χ4n) is 3.60. The maximum Gasteiger partial charge on any atom is 0.261 e. The van der Waals surface area contributed by atoms with E-state index in [0.29, 0.717) is 17.8 Å². The topological polar surface area (TPSA) is 88.6 Å². The predicted molar refractivity (Wildman–Crippen MR) is 118 cm³/mol. The molecule has 1 fully saturated rings. The second kappa shape index (κ2) is 9.08. The fourth-order valence-corrected chi connectivity index (χ4v) is 6.01. The number of benzene rings is 2. The molecule has 3 aromatic rings. The van der Waals surface area contributed by atoms with Crippen molar-refractivity contribution in [3.05, 3.63) is 47.5 Å². The highest BCUT2D eigenvalue weighted by molar-refractivity contribution is 7.89. The Morgan fingerprint density at radius 2 is 1.78 bits per heavy atom. The molecule has 0 aliphatic carbocycles. The van der Waals surface area contributed by atoms with Crippen LogP contribution in [0.2, 0.25) is 0 Å². The summed E-state index contributed by atoms with van der Waals surface area (Å²) in [6, 6.07) is 6.08. The van der Waals surface area contributed by atoms with Crippen LogP contribution < -0.4 is 10.1 Å². The summed E-state index contributed by atoms with van der Waals surface area (Å²) < 4.78 is 60.2. The number of anilines is 1. The normalized spacial score (nSPS) is 15.5. The summed E-state index contributed by atoms with van der Waals surface area (Å²) in [6.45, 7) is 0.878. The Hall–Kier alpha value is -2.63. The van der Waals surface area contributed by atoms with Crippen molar-refractivity contribution in [2.45, 2.75) is 30.6 Å². The number of thiazole rings is 1. The van der Waals surface area contributed by atoms with Crippen LogP contribution in [0.25, 0.3) is 10.2 Å². The summed E-state index contributed by atoms with van der Waals surface area (Å²) in [5.41, 5.74) is 0.216. The molecule has 1 saturated heterocycles. The van der Waals surface area contributed by atoms with Crippen LogP contribution in [0.1, 0.15) is 36.0 Å². The van der Waals surface area contributed by atoms with E-state index in [2.05, 4.69) is 10.3 Å². The monoisotopic (exact) mass is 481 g/mol. The largest absolute Gasteiger partial charge is 0.496 e. The van der Waals surface area contributed by atoms with E-state index in [1.54, 1.807) is 0 Å². The number of ether oxygens (including phenoxy) is 1. The van der Waals surface area contributed by atoms with E-state index in [1.807, 2.05) is 0 Å². The number of fused-ring (bicyclic) bond motifs is 1. The maximum absolute atomic E-state index is 13.5. The molecule has 0 atom stereocenters. The summed E-state index contributed by atoms with van der Waals surface area (Å²) >= 11 is 0.974. The Kier molecular flexibility index (Phi) is 6.40. The van der Waals surface area contributed by atoms with Gasteiger partial charge in [0.25, 0.3) is 5.91 Å². The molecule has 2 heterocycles. The first-order valence-corrected chi connectivity index (χ1v) is 12.3. The zero-order chi connectivity index (χ0) is 22.9. The van der Waals surface area contributed by atoms with Crippen LogP contribution in [0, 0.1) is 11.6 Å². The lowest BCUT2D eigenvalue weighted by molar-refractivity contribution is 0.102. The van der Waals surface area contributed by atoms with Gasteiger partial charge in [-0.2, -0.15) is 4.31 Å². The van der Waals surface area contributed by atoms with Gasteiger partial charge in [-0.1, -0.05) is 24.2 Å². The van der Waals surface area contributed by atoms with Gasteiger partial charge >= 0.3 is 0 Å². The highest BCUT2D eigenvalue weighted by atomic mass is 32.2. The zero-order valence-corrected chi connectivity index (χ0v) is 18.9. The molecule has 1 aliphatic rings. The van der Waals surface area contributed by atoms with E-state index >= 15 is 0 Å². The predicted octanol–water partition coefficient (Wildman–Crippen LogP) is 4.40. The number of nitrogens with one attached hydrogen (secondary N) is 1. The quantitative estimate of drug-likeness (QED) is 0.584. The number of halogens is 2. The van der Waals surface area contributed by atoms with Crippen LogP contribution in [0.5, 0.6) is 5.75 Å². The zero-order valence-electron chi connectivity index (χ0n) is 17.2. The van der Waals surface area contributed by atoms with Crippen LogP contribution in [0.15, 0.2) is 35.2 Å². The molecule has 32 heavy (non-hydrogen) atoms. The van der Waals surface area contributed by atoms with Crippen LogP contribution in [-0.4, -0.2) is 43.8 Å². The Balaban J connectivity index is 1.64. The van der Waals surface area contributed by atoms with Gasteiger partial charge in [0.15, 0.2) is 16.8 Å². The number of hydrogen-bond donors (Lipinski definition) is 1. The van der Waals surface area contributed by atoms with Gasteiger partial charge in [0.1, 0.15) is 5.75 Å². The van der Waals surface area contributed by atoms with E-state index in [9.17, 15) is 22.0 Å². The number of carbonyl (C=O) groups excluding carboxylic acids is 1. The van der Waals surface area contributed by atoms with Crippen molar-refractivity contribution in [3.63, 3.8) is 0 Å². The first kappa shape index (κ1) is 22.6. The standard InChI is InChI=1S/C21H21F2N3O4S2/c1-30-18-7-6-13(32(28,29)26-8-4-2-3-5-9-26)10-14(18)20(27)25-21-24-17-11-15(22)16(23)12-19(17)31-21/h6-7,10-12H,2-5,8-9H2,1H3,(H,24,25,27). The Morgan fingerprint density at radius 3 is 2.47 bits per heavy atom. The number of hydrogen-bond acceptors (Lipinski definition) is 6. The number of methoxy groups -OCH3 is 1. The molecule has 1 aromatic heterocycles. The van der Waals surface area contributed by atoms with Crippen molar-refractivity contribution in [2.75, 3.05) is 25.5 Å². The molecule has 0 saturated carbocycles. The molecule has 0 unspecified atom stereocenters. The average molecular weight is 482 g/mol. The maximum atomic E-state index is 13.5. The molecule has 4 rings (SSSR count).